The summed E-state index contributed by atoms with van der Waals surface area (Å²) in [4.78, 5) is 55.6. The van der Waals surface area contributed by atoms with Gasteiger partial charge in [0, 0.05) is 23.1 Å². The molecule has 0 radical (unpaired) electrons. The quantitative estimate of drug-likeness (QED) is 0.0932. The Hall–Kier alpha value is -6.03. The van der Waals surface area contributed by atoms with Gasteiger partial charge in [0.2, 0.25) is 5.89 Å². The van der Waals surface area contributed by atoms with Crippen molar-refractivity contribution in [3.63, 3.8) is 0 Å². The van der Waals surface area contributed by atoms with Crippen molar-refractivity contribution < 1.29 is 38.3 Å². The lowest BCUT2D eigenvalue weighted by Gasteiger charge is -2.16. The van der Waals surface area contributed by atoms with E-state index >= 15 is 0 Å². The lowest BCUT2D eigenvalue weighted by Crippen LogP contribution is -2.20. The first kappa shape index (κ1) is 36.3. The molecule has 1 saturated heterocycles. The predicted molar refractivity (Wildman–Crippen MR) is 190 cm³/mol. The maximum Gasteiger partial charge on any atom is 0.344 e. The number of carboxylic acid groups (broad SMARTS) is 1. The van der Waals surface area contributed by atoms with Crippen molar-refractivity contribution in [3.05, 3.63) is 143 Å². The summed E-state index contributed by atoms with van der Waals surface area (Å²) in [6.45, 7) is 4.25. The van der Waals surface area contributed by atoms with Gasteiger partial charge in [-0.05, 0) is 61.6 Å². The molecule has 1 amide bonds. The van der Waals surface area contributed by atoms with E-state index in [9.17, 15) is 24.3 Å². The number of nitrogens with zero attached hydrogens (tertiary/aromatic N) is 1. The number of hydrogen-bond acceptors (Lipinski definition) is 8. The van der Waals surface area contributed by atoms with Crippen molar-refractivity contribution in [1.82, 2.24) is 10.5 Å². The normalized spacial score (nSPS) is 14.1. The number of oxazole rings is 1. The Morgan fingerprint density at radius 1 is 0.882 bits per heavy atom. The monoisotopic (exact) mass is 688 g/mol. The Kier molecular flexibility index (Phi) is 12.5. The smallest absolute Gasteiger partial charge is 0.344 e. The number of aryl methyl sites for hydroxylation is 1. The van der Waals surface area contributed by atoms with Crippen LogP contribution in [0, 0.1) is 18.8 Å². The molecule has 51 heavy (non-hydrogen) atoms. The SMILES string of the molecule is CCCC1C(=O)NOC1=O.Cc1oc(-c2ccccc2)nc1CCOc1ccc(C[C@H](Cc2ccccc2C(=O)c2ccccc2)C(=O)O)cc1. The molecular formula is C41H40N2O8. The maximum atomic E-state index is 13.1. The van der Waals surface area contributed by atoms with E-state index in [0.717, 1.165) is 34.6 Å². The number of aromatic nitrogens is 1. The average molecular weight is 689 g/mol. The largest absolute Gasteiger partial charge is 0.493 e. The molecule has 1 unspecified atom stereocenters. The fourth-order valence-corrected chi connectivity index (χ4v) is 5.70. The third-order valence-corrected chi connectivity index (χ3v) is 8.47. The van der Waals surface area contributed by atoms with Gasteiger partial charge in [-0.15, -0.1) is 0 Å². The lowest BCUT2D eigenvalue weighted by atomic mass is 9.88. The molecule has 10 heteroatoms. The molecule has 1 aliphatic rings. The van der Waals surface area contributed by atoms with Crippen molar-refractivity contribution in [2.75, 3.05) is 6.61 Å². The van der Waals surface area contributed by atoms with Crippen LogP contribution in [0.2, 0.25) is 0 Å². The Labute approximate surface area is 296 Å². The number of aliphatic carboxylic acids is 1. The van der Waals surface area contributed by atoms with Crippen molar-refractivity contribution in [2.24, 2.45) is 11.8 Å². The summed E-state index contributed by atoms with van der Waals surface area (Å²) in [7, 11) is 0. The highest BCUT2D eigenvalue weighted by Crippen LogP contribution is 2.24. The summed E-state index contributed by atoms with van der Waals surface area (Å²) in [6, 6.07) is 33.6. The van der Waals surface area contributed by atoms with Crippen LogP contribution in [-0.2, 0) is 38.5 Å². The van der Waals surface area contributed by atoms with Crippen LogP contribution < -0.4 is 10.2 Å². The highest BCUT2D eigenvalue weighted by molar-refractivity contribution is 6.10. The molecule has 1 aliphatic heterocycles. The number of benzene rings is 4. The number of hydroxylamine groups is 1. The van der Waals surface area contributed by atoms with Gasteiger partial charge in [0.25, 0.3) is 5.91 Å². The number of carbonyl (C=O) groups excluding carboxylic acids is 3. The summed E-state index contributed by atoms with van der Waals surface area (Å²) in [6.07, 6.45) is 2.58. The number of nitrogens with one attached hydrogen (secondary N) is 1. The Morgan fingerprint density at radius 2 is 1.55 bits per heavy atom. The number of rotatable bonds is 14. The molecule has 1 aromatic heterocycles. The Morgan fingerprint density at radius 3 is 2.20 bits per heavy atom. The molecule has 6 rings (SSSR count). The topological polar surface area (TPSA) is 145 Å². The van der Waals surface area contributed by atoms with E-state index in [4.69, 9.17) is 9.15 Å². The molecule has 1 fully saturated rings. The highest BCUT2D eigenvalue weighted by atomic mass is 16.7. The Bertz CT molecular complexity index is 1920. The second-order valence-corrected chi connectivity index (χ2v) is 12.2. The van der Waals surface area contributed by atoms with E-state index in [-0.39, 0.29) is 18.1 Å². The molecule has 0 bridgehead atoms. The number of amides is 1. The van der Waals surface area contributed by atoms with E-state index in [2.05, 4.69) is 9.82 Å². The summed E-state index contributed by atoms with van der Waals surface area (Å²) >= 11 is 0. The van der Waals surface area contributed by atoms with E-state index in [1.54, 1.807) is 24.3 Å². The molecule has 2 atom stereocenters. The first-order chi connectivity index (χ1) is 24.7. The van der Waals surface area contributed by atoms with E-state index in [0.29, 0.717) is 48.6 Å². The summed E-state index contributed by atoms with van der Waals surface area (Å²) in [5.74, 6) is -0.945. The summed E-state index contributed by atoms with van der Waals surface area (Å²) in [5, 5.41) is 10.00. The second-order valence-electron chi connectivity index (χ2n) is 12.2. The third-order valence-electron chi connectivity index (χ3n) is 8.47. The van der Waals surface area contributed by atoms with Gasteiger partial charge in [-0.25, -0.2) is 9.78 Å². The van der Waals surface area contributed by atoms with Gasteiger partial charge in [0.05, 0.1) is 18.2 Å². The molecule has 0 spiro atoms. The molecule has 0 saturated carbocycles. The second kappa shape index (κ2) is 17.6. The maximum absolute atomic E-state index is 13.1. The Balaban J connectivity index is 0.000000435. The zero-order valence-corrected chi connectivity index (χ0v) is 28.5. The first-order valence-electron chi connectivity index (χ1n) is 16.9. The minimum atomic E-state index is -0.898. The molecule has 2 heterocycles. The molecule has 2 N–H and O–H groups in total. The minimum absolute atomic E-state index is 0.107. The van der Waals surface area contributed by atoms with Crippen molar-refractivity contribution in [3.8, 4) is 17.2 Å². The fourth-order valence-electron chi connectivity index (χ4n) is 5.70. The van der Waals surface area contributed by atoms with E-state index in [1.165, 1.54) is 0 Å². The molecule has 5 aromatic rings. The van der Waals surface area contributed by atoms with Crippen molar-refractivity contribution in [1.29, 1.82) is 0 Å². The molecule has 4 aromatic carbocycles. The van der Waals surface area contributed by atoms with Crippen LogP contribution >= 0.6 is 0 Å². The summed E-state index contributed by atoms with van der Waals surface area (Å²) in [5.41, 5.74) is 6.54. The van der Waals surface area contributed by atoms with Crippen LogP contribution in [0.4, 0.5) is 0 Å². The average Bonchev–Trinajstić information content (AvgIpc) is 3.69. The highest BCUT2D eigenvalue weighted by Gasteiger charge is 2.34. The number of ketones is 1. The van der Waals surface area contributed by atoms with Crippen LogP contribution in [0.5, 0.6) is 5.75 Å². The van der Waals surface area contributed by atoms with Gasteiger partial charge in [-0.1, -0.05) is 98.3 Å². The molecule has 262 valence electrons. The standard InChI is InChI=1S/C35H31NO5.C6H9NO3/c1-24-32(36-34(41-24)27-12-6-3-7-13-27)20-21-40-30-18-16-25(17-19-30)22-29(35(38)39)23-28-14-8-9-15-31(28)33(37)26-10-4-2-5-11-26;1-2-3-4-5(8)7-10-6(4)9/h2-19,29H,20-23H2,1H3,(H,38,39);4H,2-3H2,1H3,(H,7,8)/t29-;/m1./s1. The molecule has 10 nitrogen and oxygen atoms in total. The van der Waals surface area contributed by atoms with Gasteiger partial charge in [0.15, 0.2) is 5.78 Å². The number of carboxylic acids is 1. The zero-order valence-electron chi connectivity index (χ0n) is 28.5. The molecular weight excluding hydrogens is 648 g/mol. The van der Waals surface area contributed by atoms with Crippen LogP contribution in [-0.4, -0.2) is 40.3 Å². The van der Waals surface area contributed by atoms with Crippen LogP contribution in [0.15, 0.2) is 114 Å². The summed E-state index contributed by atoms with van der Waals surface area (Å²) < 4.78 is 11.8. The molecule has 0 aliphatic carbocycles. The van der Waals surface area contributed by atoms with Gasteiger partial charge >= 0.3 is 11.9 Å². The van der Waals surface area contributed by atoms with Gasteiger partial charge in [-0.3, -0.25) is 14.4 Å². The van der Waals surface area contributed by atoms with Gasteiger partial charge in [0.1, 0.15) is 17.4 Å². The predicted octanol–water partition coefficient (Wildman–Crippen LogP) is 6.98. The van der Waals surface area contributed by atoms with E-state index < -0.39 is 23.8 Å². The fraction of sp³-hybridized carbons (Fsp3) is 0.244. The van der Waals surface area contributed by atoms with Crippen molar-refractivity contribution >= 4 is 23.6 Å². The van der Waals surface area contributed by atoms with Crippen molar-refractivity contribution in [2.45, 2.75) is 46.0 Å². The minimum Gasteiger partial charge on any atom is -0.493 e. The van der Waals surface area contributed by atoms with Gasteiger partial charge in [-0.2, -0.15) is 5.48 Å². The number of ether oxygens (including phenoxy) is 1. The van der Waals surface area contributed by atoms with Crippen LogP contribution in [0.25, 0.3) is 11.5 Å². The zero-order chi connectivity index (χ0) is 36.2. The number of carbonyl (C=O) groups is 4. The van der Waals surface area contributed by atoms with E-state index in [1.807, 2.05) is 104 Å². The van der Waals surface area contributed by atoms with Gasteiger partial charge < -0.3 is 19.1 Å². The lowest BCUT2D eigenvalue weighted by molar-refractivity contribution is -0.146. The third kappa shape index (κ3) is 9.78. The number of hydrogen-bond donors (Lipinski definition) is 2. The first-order valence-corrected chi connectivity index (χ1v) is 16.9. The van der Waals surface area contributed by atoms with Crippen LogP contribution in [0.3, 0.4) is 0 Å². The van der Waals surface area contributed by atoms with Crippen LogP contribution in [0.1, 0.15) is 58.3 Å².